The third-order valence-corrected chi connectivity index (χ3v) is 12.8. The Balaban J connectivity index is 1.17. The average Bonchev–Trinajstić information content (AvgIpc) is 3.31. The Bertz CT molecular complexity index is 2880. The van der Waals surface area contributed by atoms with Crippen LogP contribution < -0.4 is 9.80 Å². The SMILES string of the molecule is c1ccc(N2c3ccccc3C3(c4ccccc42)c2ccccc2C2(c4ccccc4N(c4ccc(-c5ccccn5)cc4)c4ccccc42)c2ccccc23)cc1. The van der Waals surface area contributed by atoms with Crippen molar-refractivity contribution in [2.45, 2.75) is 10.8 Å². The van der Waals surface area contributed by atoms with Gasteiger partial charge in [0.1, 0.15) is 0 Å². The second-order valence-corrected chi connectivity index (χ2v) is 15.4. The lowest BCUT2D eigenvalue weighted by molar-refractivity contribution is 0.607. The summed E-state index contributed by atoms with van der Waals surface area (Å²) in [6, 6.07) is 80.6. The topological polar surface area (TPSA) is 19.4 Å². The van der Waals surface area contributed by atoms with E-state index in [2.05, 4.69) is 221 Å². The van der Waals surface area contributed by atoms with Crippen LogP contribution in [0.2, 0.25) is 0 Å². The first kappa shape index (κ1) is 32.7. The minimum atomic E-state index is -0.615. The molecule has 1 aliphatic carbocycles. The molecule has 0 unspecified atom stereocenters. The van der Waals surface area contributed by atoms with Gasteiger partial charge in [0.05, 0.1) is 39.3 Å². The Morgan fingerprint density at radius 1 is 0.276 bits per heavy atom. The van der Waals surface area contributed by atoms with E-state index < -0.39 is 10.8 Å². The highest BCUT2D eigenvalue weighted by molar-refractivity contribution is 5.95. The molecule has 3 nitrogen and oxygen atoms in total. The molecule has 0 atom stereocenters. The molecule has 2 spiro atoms. The van der Waals surface area contributed by atoms with Crippen molar-refractivity contribution in [3.63, 3.8) is 0 Å². The second kappa shape index (κ2) is 12.5. The molecule has 0 saturated carbocycles. The Kier molecular flexibility index (Phi) is 7.06. The van der Waals surface area contributed by atoms with Gasteiger partial charge in [0.25, 0.3) is 0 Å². The molecule has 0 N–H and O–H groups in total. The van der Waals surface area contributed by atoms with Crippen LogP contribution in [0.1, 0.15) is 44.5 Å². The molecule has 9 aromatic rings. The molecule has 8 aromatic carbocycles. The number of benzene rings is 8. The molecule has 0 radical (unpaired) electrons. The molecule has 0 amide bonds. The van der Waals surface area contributed by atoms with Gasteiger partial charge >= 0.3 is 0 Å². The molecule has 1 aromatic heterocycles. The summed E-state index contributed by atoms with van der Waals surface area (Å²) < 4.78 is 0. The monoisotopic (exact) mass is 739 g/mol. The summed E-state index contributed by atoms with van der Waals surface area (Å²) >= 11 is 0. The van der Waals surface area contributed by atoms with Crippen LogP contribution >= 0.6 is 0 Å². The molecule has 0 saturated heterocycles. The first-order valence-electron chi connectivity index (χ1n) is 20.1. The molecular formula is C55H37N3. The number of para-hydroxylation sites is 5. The number of fused-ring (bicyclic) bond motifs is 14. The van der Waals surface area contributed by atoms with E-state index in [4.69, 9.17) is 0 Å². The fourth-order valence-corrected chi connectivity index (χ4v) is 10.7. The van der Waals surface area contributed by atoms with Gasteiger partial charge in [-0.25, -0.2) is 0 Å². The average molecular weight is 740 g/mol. The molecule has 58 heavy (non-hydrogen) atoms. The number of pyridine rings is 1. The molecule has 0 fully saturated rings. The lowest BCUT2D eigenvalue weighted by Crippen LogP contribution is -2.49. The summed E-state index contributed by atoms with van der Waals surface area (Å²) in [6.45, 7) is 0. The lowest BCUT2D eigenvalue weighted by Gasteiger charge is -2.56. The largest absolute Gasteiger partial charge is 0.310 e. The van der Waals surface area contributed by atoms with Gasteiger partial charge in [-0.05, 0) is 105 Å². The number of nitrogens with zero attached hydrogens (tertiary/aromatic N) is 3. The van der Waals surface area contributed by atoms with Crippen molar-refractivity contribution in [3.8, 4) is 11.3 Å². The van der Waals surface area contributed by atoms with Gasteiger partial charge in [0, 0.05) is 23.1 Å². The predicted octanol–water partition coefficient (Wildman–Crippen LogP) is 13.4. The Morgan fingerprint density at radius 3 is 0.983 bits per heavy atom. The molecule has 3 heteroatoms. The maximum atomic E-state index is 4.63. The van der Waals surface area contributed by atoms with Crippen LogP contribution in [0.15, 0.2) is 225 Å². The van der Waals surface area contributed by atoms with Crippen LogP contribution in [0.3, 0.4) is 0 Å². The zero-order valence-corrected chi connectivity index (χ0v) is 31.7. The van der Waals surface area contributed by atoms with Crippen LogP contribution in [0.4, 0.5) is 34.1 Å². The van der Waals surface area contributed by atoms with Gasteiger partial charge in [0.2, 0.25) is 0 Å². The summed E-state index contributed by atoms with van der Waals surface area (Å²) in [4.78, 5) is 9.54. The normalized spacial score (nSPS) is 14.8. The van der Waals surface area contributed by atoms with Crippen LogP contribution in [0, 0.1) is 0 Å². The van der Waals surface area contributed by atoms with Gasteiger partial charge in [-0.1, -0.05) is 158 Å². The first-order chi connectivity index (χ1) is 28.8. The molecule has 3 heterocycles. The van der Waals surface area contributed by atoms with E-state index in [1.165, 1.54) is 67.3 Å². The molecule has 0 bridgehead atoms. The summed E-state index contributed by atoms with van der Waals surface area (Å²) in [5, 5.41) is 0. The minimum absolute atomic E-state index is 0.598. The number of anilines is 6. The summed E-state index contributed by atoms with van der Waals surface area (Å²) in [7, 11) is 0. The second-order valence-electron chi connectivity index (χ2n) is 15.4. The maximum Gasteiger partial charge on any atom is 0.0748 e. The van der Waals surface area contributed by atoms with Crippen LogP contribution in [-0.2, 0) is 10.8 Å². The highest BCUT2D eigenvalue weighted by Gasteiger charge is 2.58. The van der Waals surface area contributed by atoms with E-state index in [-0.39, 0.29) is 0 Å². The van der Waals surface area contributed by atoms with Gasteiger partial charge in [-0.2, -0.15) is 0 Å². The fraction of sp³-hybridized carbons (Fsp3) is 0.0364. The van der Waals surface area contributed by atoms with Crippen molar-refractivity contribution in [2.24, 2.45) is 0 Å². The predicted molar refractivity (Wildman–Crippen MR) is 236 cm³/mol. The fourth-order valence-electron chi connectivity index (χ4n) is 10.7. The first-order valence-corrected chi connectivity index (χ1v) is 20.1. The quantitative estimate of drug-likeness (QED) is 0.180. The zero-order valence-electron chi connectivity index (χ0n) is 31.7. The van der Waals surface area contributed by atoms with Gasteiger partial charge in [-0.15, -0.1) is 0 Å². The summed E-state index contributed by atoms with van der Waals surface area (Å²) in [6.07, 6.45) is 1.85. The van der Waals surface area contributed by atoms with E-state index in [0.29, 0.717) is 0 Å². The number of hydrogen-bond donors (Lipinski definition) is 0. The van der Waals surface area contributed by atoms with Crippen molar-refractivity contribution in [1.82, 2.24) is 4.98 Å². The van der Waals surface area contributed by atoms with E-state index in [1.54, 1.807) is 0 Å². The van der Waals surface area contributed by atoms with E-state index >= 15 is 0 Å². The van der Waals surface area contributed by atoms with Crippen molar-refractivity contribution in [2.75, 3.05) is 9.80 Å². The molecule has 2 aliphatic heterocycles. The molecule has 272 valence electrons. The third-order valence-electron chi connectivity index (χ3n) is 12.8. The summed E-state index contributed by atoms with van der Waals surface area (Å²) in [5.41, 5.74) is 18.1. The number of aromatic nitrogens is 1. The molecule has 12 rings (SSSR count). The summed E-state index contributed by atoms with van der Waals surface area (Å²) in [5.74, 6) is 0. The minimum Gasteiger partial charge on any atom is -0.310 e. The highest BCUT2D eigenvalue weighted by atomic mass is 15.2. The Hall–Kier alpha value is -7.49. The highest BCUT2D eigenvalue weighted by Crippen LogP contribution is 2.67. The van der Waals surface area contributed by atoms with Gasteiger partial charge in [-0.3, -0.25) is 4.98 Å². The lowest BCUT2D eigenvalue weighted by atomic mass is 9.49. The zero-order chi connectivity index (χ0) is 38.3. The van der Waals surface area contributed by atoms with Crippen molar-refractivity contribution < 1.29 is 0 Å². The van der Waals surface area contributed by atoms with Crippen LogP contribution in [-0.4, -0.2) is 4.98 Å². The third kappa shape index (κ3) is 4.25. The van der Waals surface area contributed by atoms with E-state index in [1.807, 2.05) is 18.3 Å². The number of rotatable bonds is 3. The van der Waals surface area contributed by atoms with Crippen LogP contribution in [0.5, 0.6) is 0 Å². The molecule has 3 aliphatic rings. The maximum absolute atomic E-state index is 4.63. The van der Waals surface area contributed by atoms with Gasteiger partial charge < -0.3 is 9.80 Å². The number of hydrogen-bond acceptors (Lipinski definition) is 3. The standard InChI is InChI=1S/C55H37N3/c1-2-18-39(19-3-1)57-50-29-12-8-24-45(50)54(46-25-9-13-30-51(46)57)41-20-4-6-22-43(41)55(44-23-7-5-21-42(44)54)47-26-10-14-31-52(47)58(53-32-15-11-27-48(53)55)40-35-33-38(34-36-40)49-28-16-17-37-56-49/h1-37H. The molecular weight excluding hydrogens is 703 g/mol. The Morgan fingerprint density at radius 2 is 0.603 bits per heavy atom. The van der Waals surface area contributed by atoms with E-state index in [0.717, 1.165) is 22.6 Å². The van der Waals surface area contributed by atoms with Crippen LogP contribution in [0.25, 0.3) is 11.3 Å². The van der Waals surface area contributed by atoms with E-state index in [9.17, 15) is 0 Å². The van der Waals surface area contributed by atoms with Crippen molar-refractivity contribution in [1.29, 1.82) is 0 Å². The Labute approximate surface area is 338 Å². The van der Waals surface area contributed by atoms with Crippen molar-refractivity contribution >= 4 is 34.1 Å². The van der Waals surface area contributed by atoms with Crippen molar-refractivity contribution in [3.05, 3.63) is 269 Å². The smallest absolute Gasteiger partial charge is 0.0748 e. The van der Waals surface area contributed by atoms with Gasteiger partial charge in [0.15, 0.2) is 0 Å².